The van der Waals surface area contributed by atoms with Gasteiger partial charge in [0.05, 0.1) is 12.2 Å². The van der Waals surface area contributed by atoms with Gasteiger partial charge in [-0.15, -0.1) is 0 Å². The van der Waals surface area contributed by atoms with Crippen LogP contribution in [0.15, 0.2) is 11.4 Å². The average molecular weight is 472 g/mol. The number of azide groups is 1. The molecule has 16 heteroatoms. The average Bonchev–Trinajstić information content (AvgIpc) is 3.21. The molecule has 3 rings (SSSR count). The number of nitrogen functional groups attached to an aromatic ring is 1. The number of anilines is 1. The second-order valence-electron chi connectivity index (χ2n) is 7.69. The van der Waals surface area contributed by atoms with Crippen LogP contribution in [-0.2, 0) is 13.8 Å². The highest BCUT2D eigenvalue weighted by Crippen LogP contribution is 2.56. The third-order valence-electron chi connectivity index (χ3n) is 5.38. The molecule has 0 radical (unpaired) electrons. The van der Waals surface area contributed by atoms with Crippen LogP contribution in [0.5, 0.6) is 0 Å². The smallest absolute Gasteiger partial charge is 0.359 e. The van der Waals surface area contributed by atoms with Crippen molar-refractivity contribution >= 4 is 30.5 Å². The van der Waals surface area contributed by atoms with Crippen LogP contribution in [0.4, 0.5) is 11.8 Å². The number of aliphatic hydroxyl groups excluding tert-OH is 2. The summed E-state index contributed by atoms with van der Waals surface area (Å²) in [4.78, 5) is 24.7. The van der Waals surface area contributed by atoms with Gasteiger partial charge in [-0.3, -0.25) is 9.13 Å². The summed E-state index contributed by atoms with van der Waals surface area (Å²) in [6.07, 6.45) is -5.10. The van der Waals surface area contributed by atoms with Crippen LogP contribution in [0.25, 0.3) is 21.6 Å². The van der Waals surface area contributed by atoms with E-state index in [-0.39, 0.29) is 35.8 Å². The Kier molecular flexibility index (Phi) is 6.75. The van der Waals surface area contributed by atoms with E-state index < -0.39 is 43.6 Å². The van der Waals surface area contributed by atoms with E-state index in [0.29, 0.717) is 0 Å². The standard InChI is InChI=1S/C16H25N8O7P/c1-4-16(3,27)32(28,29)31-7(2)5-8-10(25)11(26)14(30-8)24-13-9(12(17)19-6-20-13)21-15(24)22-23-18/h6-8,10-11,14,25-27H,4-5H2,1-3H3,(H,28,29)(H2,17,19,20)/t7?,8-,10-,11-,14-,16?/m1/s1. The minimum Gasteiger partial charge on any atom is -0.388 e. The maximum atomic E-state index is 12.4. The lowest BCUT2D eigenvalue weighted by molar-refractivity contribution is -0.0462. The number of imidazole rings is 1. The van der Waals surface area contributed by atoms with E-state index in [2.05, 4.69) is 25.0 Å². The fraction of sp³-hybridized carbons (Fsp3) is 0.688. The minimum absolute atomic E-state index is 0.0106. The highest BCUT2D eigenvalue weighted by Gasteiger charge is 2.47. The van der Waals surface area contributed by atoms with Crippen LogP contribution in [0.1, 0.15) is 39.8 Å². The van der Waals surface area contributed by atoms with E-state index in [1.807, 2.05) is 0 Å². The summed E-state index contributed by atoms with van der Waals surface area (Å²) >= 11 is 0. The number of fused-ring (bicyclic) bond motifs is 1. The SMILES string of the molecule is CCC(C)(O)P(=O)(O)OC(C)C[C@H]1O[C@@H](n2c(N=[N+]=[N-])nc3c(N)ncnc32)[C@H](O)[C@@H]1O. The molecule has 0 spiro atoms. The Morgan fingerprint density at radius 1 is 1.47 bits per heavy atom. The van der Waals surface area contributed by atoms with Crippen molar-refractivity contribution in [3.05, 3.63) is 16.8 Å². The van der Waals surface area contributed by atoms with Gasteiger partial charge in [0.25, 0.3) is 0 Å². The van der Waals surface area contributed by atoms with Crippen LogP contribution in [-0.4, -0.2) is 69.5 Å². The fourth-order valence-corrected chi connectivity index (χ4v) is 4.52. The lowest BCUT2D eigenvalue weighted by Crippen LogP contribution is -2.34. The monoisotopic (exact) mass is 472 g/mol. The first-order valence-electron chi connectivity index (χ1n) is 9.72. The zero-order chi connectivity index (χ0) is 23.8. The van der Waals surface area contributed by atoms with Gasteiger partial charge in [0, 0.05) is 11.3 Å². The zero-order valence-corrected chi connectivity index (χ0v) is 18.4. The number of hydrogen-bond donors (Lipinski definition) is 5. The van der Waals surface area contributed by atoms with E-state index in [0.717, 1.165) is 6.33 Å². The summed E-state index contributed by atoms with van der Waals surface area (Å²) in [5.41, 5.74) is 14.9. The minimum atomic E-state index is -4.41. The summed E-state index contributed by atoms with van der Waals surface area (Å²) in [7, 11) is -4.41. The first-order valence-corrected chi connectivity index (χ1v) is 11.3. The van der Waals surface area contributed by atoms with Gasteiger partial charge in [-0.1, -0.05) is 6.92 Å². The van der Waals surface area contributed by atoms with Crippen LogP contribution < -0.4 is 5.73 Å². The molecule has 3 heterocycles. The lowest BCUT2D eigenvalue weighted by Gasteiger charge is -2.30. The molecule has 0 amide bonds. The normalized spacial score (nSPS) is 28.1. The quantitative estimate of drug-likeness (QED) is 0.158. The van der Waals surface area contributed by atoms with E-state index in [1.165, 1.54) is 25.3 Å². The highest BCUT2D eigenvalue weighted by molar-refractivity contribution is 7.54. The molecule has 3 unspecified atom stereocenters. The van der Waals surface area contributed by atoms with Crippen LogP contribution in [0, 0.1) is 0 Å². The second kappa shape index (κ2) is 8.89. The highest BCUT2D eigenvalue weighted by atomic mass is 31.2. The van der Waals surface area contributed by atoms with Gasteiger partial charge in [-0.2, -0.15) is 0 Å². The fourth-order valence-electron chi connectivity index (χ4n) is 3.32. The van der Waals surface area contributed by atoms with Gasteiger partial charge in [0.15, 0.2) is 28.6 Å². The topological polar surface area (TPSA) is 235 Å². The van der Waals surface area contributed by atoms with Gasteiger partial charge in [-0.05, 0) is 30.9 Å². The number of aliphatic hydroxyl groups is 3. The Bertz CT molecular complexity index is 1090. The largest absolute Gasteiger partial charge is 0.388 e. The van der Waals surface area contributed by atoms with Crippen molar-refractivity contribution < 1.29 is 34.0 Å². The molecule has 0 saturated carbocycles. The van der Waals surface area contributed by atoms with Gasteiger partial charge < -0.3 is 35.2 Å². The Morgan fingerprint density at radius 3 is 2.78 bits per heavy atom. The van der Waals surface area contributed by atoms with Crippen LogP contribution in [0.2, 0.25) is 0 Å². The third-order valence-corrected chi connectivity index (χ3v) is 7.56. The Morgan fingerprint density at radius 2 is 2.16 bits per heavy atom. The van der Waals surface area contributed by atoms with E-state index >= 15 is 0 Å². The van der Waals surface area contributed by atoms with Crippen LogP contribution >= 0.6 is 7.60 Å². The summed E-state index contributed by atoms with van der Waals surface area (Å²) in [6.45, 7) is 4.20. The summed E-state index contributed by atoms with van der Waals surface area (Å²) in [5, 5.41) is 32.8. The van der Waals surface area contributed by atoms with E-state index in [4.69, 9.17) is 20.5 Å². The predicted octanol–water partition coefficient (Wildman–Crippen LogP) is 1.07. The van der Waals surface area contributed by atoms with Crippen molar-refractivity contribution in [1.82, 2.24) is 19.5 Å². The molecule has 0 aromatic carbocycles. The molecule has 0 aliphatic carbocycles. The zero-order valence-electron chi connectivity index (χ0n) is 17.5. The number of hydrogen-bond acceptors (Lipinski definition) is 11. The van der Waals surface area contributed by atoms with E-state index in [1.54, 1.807) is 0 Å². The summed E-state index contributed by atoms with van der Waals surface area (Å²) in [5.74, 6) is -0.203. The molecule has 7 atom stereocenters. The number of ether oxygens (including phenoxy) is 1. The molecule has 15 nitrogen and oxygen atoms in total. The molecule has 1 saturated heterocycles. The number of aromatic nitrogens is 4. The number of nitrogens with two attached hydrogens (primary N) is 1. The molecule has 1 aliphatic heterocycles. The molecule has 2 aromatic heterocycles. The van der Waals surface area contributed by atoms with Crippen molar-refractivity contribution in [1.29, 1.82) is 0 Å². The maximum absolute atomic E-state index is 12.4. The van der Waals surface area contributed by atoms with Crippen LogP contribution in [0.3, 0.4) is 0 Å². The number of rotatable bonds is 8. The van der Waals surface area contributed by atoms with Crippen molar-refractivity contribution in [2.75, 3.05) is 5.73 Å². The molecule has 0 bridgehead atoms. The molecule has 1 aliphatic rings. The van der Waals surface area contributed by atoms with Gasteiger partial charge in [0.1, 0.15) is 18.5 Å². The van der Waals surface area contributed by atoms with Crippen molar-refractivity contribution in [3.63, 3.8) is 0 Å². The first kappa shape index (κ1) is 24.3. The van der Waals surface area contributed by atoms with Gasteiger partial charge >= 0.3 is 7.60 Å². The molecule has 2 aromatic rings. The molecule has 32 heavy (non-hydrogen) atoms. The summed E-state index contributed by atoms with van der Waals surface area (Å²) in [6, 6.07) is 0. The predicted molar refractivity (Wildman–Crippen MR) is 110 cm³/mol. The van der Waals surface area contributed by atoms with E-state index in [9.17, 15) is 24.8 Å². The Balaban J connectivity index is 1.86. The Hall–Kier alpha value is -2.35. The first-order chi connectivity index (χ1) is 14.9. The number of nitrogens with zero attached hydrogens (tertiary/aromatic N) is 7. The second-order valence-corrected chi connectivity index (χ2v) is 9.91. The van der Waals surface area contributed by atoms with Crippen molar-refractivity contribution in [2.24, 2.45) is 5.11 Å². The van der Waals surface area contributed by atoms with Crippen molar-refractivity contribution in [2.45, 2.75) is 69.6 Å². The van der Waals surface area contributed by atoms with Crippen molar-refractivity contribution in [3.8, 4) is 0 Å². The lowest BCUT2D eigenvalue weighted by atomic mass is 10.1. The third kappa shape index (κ3) is 4.29. The molecular weight excluding hydrogens is 447 g/mol. The molecule has 6 N–H and O–H groups in total. The molecular formula is C16H25N8O7P. The maximum Gasteiger partial charge on any atom is 0.359 e. The molecule has 176 valence electrons. The molecule has 1 fully saturated rings. The van der Waals surface area contributed by atoms with Gasteiger partial charge in [0.2, 0.25) is 5.95 Å². The Labute approximate surface area is 182 Å². The van der Waals surface area contributed by atoms with Gasteiger partial charge in [-0.25, -0.2) is 15.0 Å². The summed E-state index contributed by atoms with van der Waals surface area (Å²) < 4.78 is 24.5.